The molecule has 0 amide bonds. The molecule has 0 aromatic heterocycles. The summed E-state index contributed by atoms with van der Waals surface area (Å²) in [6.07, 6.45) is 10.7. The van der Waals surface area contributed by atoms with E-state index in [1.807, 2.05) is 0 Å². The Morgan fingerprint density at radius 3 is 2.35 bits per heavy atom. The van der Waals surface area contributed by atoms with Crippen molar-refractivity contribution in [3.63, 3.8) is 0 Å². The molecule has 5 nitrogen and oxygen atoms in total. The Hall–Kier alpha value is -0.460. The summed E-state index contributed by atoms with van der Waals surface area (Å²) in [5, 5.41) is 28.9. The molecule has 0 unspecified atom stereocenters. The van der Waals surface area contributed by atoms with Crippen LogP contribution in [0.5, 0.6) is 0 Å². The molecule has 0 saturated carbocycles. The van der Waals surface area contributed by atoms with E-state index in [0.29, 0.717) is 6.61 Å². The van der Waals surface area contributed by atoms with Gasteiger partial charge in [-0.3, -0.25) is 0 Å². The van der Waals surface area contributed by atoms with Crippen LogP contribution in [0, 0.1) is 0 Å². The van der Waals surface area contributed by atoms with Crippen molar-refractivity contribution in [3.8, 4) is 0 Å². The topological polar surface area (TPSA) is 79.2 Å². The van der Waals surface area contributed by atoms with E-state index in [2.05, 4.69) is 19.1 Å². The van der Waals surface area contributed by atoms with Gasteiger partial charge in [0.1, 0.15) is 24.4 Å². The zero-order valence-electron chi connectivity index (χ0n) is 14.4. The maximum atomic E-state index is 9.99. The van der Waals surface area contributed by atoms with Crippen LogP contribution in [0.1, 0.15) is 58.3 Å². The molecule has 1 fully saturated rings. The van der Waals surface area contributed by atoms with Gasteiger partial charge in [0.25, 0.3) is 0 Å². The number of hydrogen-bond acceptors (Lipinski definition) is 5. The smallest absolute Gasteiger partial charge is 0.114 e. The van der Waals surface area contributed by atoms with Crippen molar-refractivity contribution in [2.75, 3.05) is 19.8 Å². The zero-order valence-corrected chi connectivity index (χ0v) is 14.4. The highest BCUT2D eigenvalue weighted by atomic mass is 16.6. The molecule has 1 saturated heterocycles. The van der Waals surface area contributed by atoms with Crippen LogP contribution in [0.2, 0.25) is 0 Å². The molecule has 23 heavy (non-hydrogen) atoms. The molecule has 0 aromatic rings. The zero-order chi connectivity index (χ0) is 16.9. The molecule has 0 aromatic carbocycles. The lowest BCUT2D eigenvalue weighted by molar-refractivity contribution is -0.210. The van der Waals surface area contributed by atoms with E-state index in [1.54, 1.807) is 0 Å². The van der Waals surface area contributed by atoms with Crippen LogP contribution < -0.4 is 0 Å². The number of hydrogen-bond donors (Lipinski definition) is 3. The minimum Gasteiger partial charge on any atom is -0.394 e. The minimum atomic E-state index is -0.971. The normalized spacial score (nSPS) is 28.5. The van der Waals surface area contributed by atoms with E-state index in [-0.39, 0.29) is 13.2 Å². The summed E-state index contributed by atoms with van der Waals surface area (Å²) in [5.74, 6) is 0. The molecule has 136 valence electrons. The number of aliphatic hydroxyl groups is 3. The Balaban J connectivity index is 1.99. The van der Waals surface area contributed by atoms with Gasteiger partial charge in [0.15, 0.2) is 0 Å². The minimum absolute atomic E-state index is 0.0974. The van der Waals surface area contributed by atoms with Gasteiger partial charge in [0, 0.05) is 6.61 Å². The van der Waals surface area contributed by atoms with Gasteiger partial charge in [0.2, 0.25) is 0 Å². The predicted octanol–water partition coefficient (Wildman–Crippen LogP) is 2.18. The fraction of sp³-hybridized carbons (Fsp3) is 0.889. The van der Waals surface area contributed by atoms with Crippen molar-refractivity contribution >= 4 is 0 Å². The van der Waals surface area contributed by atoms with Crippen LogP contribution in [0.15, 0.2) is 12.2 Å². The highest BCUT2D eigenvalue weighted by Crippen LogP contribution is 2.19. The first-order chi connectivity index (χ1) is 11.2. The van der Waals surface area contributed by atoms with Crippen molar-refractivity contribution in [2.24, 2.45) is 0 Å². The summed E-state index contributed by atoms with van der Waals surface area (Å²) in [6, 6.07) is 0. The van der Waals surface area contributed by atoms with Gasteiger partial charge in [-0.25, -0.2) is 0 Å². The highest BCUT2D eigenvalue weighted by Gasteiger charge is 2.38. The van der Waals surface area contributed by atoms with E-state index < -0.39 is 24.4 Å². The molecule has 1 aliphatic heterocycles. The van der Waals surface area contributed by atoms with Crippen molar-refractivity contribution in [1.82, 2.24) is 0 Å². The van der Waals surface area contributed by atoms with E-state index in [9.17, 15) is 10.2 Å². The van der Waals surface area contributed by atoms with Crippen LogP contribution in [-0.4, -0.2) is 59.6 Å². The van der Waals surface area contributed by atoms with Crippen LogP contribution in [0.25, 0.3) is 0 Å². The van der Waals surface area contributed by atoms with Gasteiger partial charge in [-0.2, -0.15) is 0 Å². The molecule has 1 rings (SSSR count). The summed E-state index contributed by atoms with van der Waals surface area (Å²) >= 11 is 0. The number of unbranched alkanes of at least 4 members (excludes halogenated alkanes) is 7. The van der Waals surface area contributed by atoms with Gasteiger partial charge < -0.3 is 24.8 Å². The lowest BCUT2D eigenvalue weighted by Crippen LogP contribution is -2.55. The molecule has 0 spiro atoms. The van der Waals surface area contributed by atoms with Gasteiger partial charge in [0.05, 0.1) is 13.2 Å². The number of allylic oxidation sites excluding steroid dienone is 2. The monoisotopic (exact) mass is 330 g/mol. The number of aliphatic hydroxyl groups excluding tert-OH is 3. The lowest BCUT2D eigenvalue weighted by Gasteiger charge is -2.37. The van der Waals surface area contributed by atoms with Crippen molar-refractivity contribution in [2.45, 2.75) is 82.7 Å². The van der Waals surface area contributed by atoms with Crippen LogP contribution >= 0.6 is 0 Å². The first-order valence-corrected chi connectivity index (χ1v) is 9.02. The third kappa shape index (κ3) is 8.27. The maximum Gasteiger partial charge on any atom is 0.114 e. The Morgan fingerprint density at radius 2 is 1.70 bits per heavy atom. The second-order valence-corrected chi connectivity index (χ2v) is 6.28. The molecule has 1 heterocycles. The van der Waals surface area contributed by atoms with Crippen LogP contribution in [-0.2, 0) is 9.47 Å². The molecule has 0 radical (unpaired) electrons. The van der Waals surface area contributed by atoms with E-state index in [0.717, 1.165) is 12.8 Å². The molecule has 1 aliphatic rings. The Bertz CT molecular complexity index is 308. The van der Waals surface area contributed by atoms with Gasteiger partial charge >= 0.3 is 0 Å². The number of rotatable bonds is 12. The third-order valence-corrected chi connectivity index (χ3v) is 4.32. The Labute approximate surface area is 140 Å². The molecular weight excluding hydrogens is 296 g/mol. The van der Waals surface area contributed by atoms with Crippen LogP contribution in [0.3, 0.4) is 0 Å². The van der Waals surface area contributed by atoms with Crippen molar-refractivity contribution in [1.29, 1.82) is 0 Å². The van der Waals surface area contributed by atoms with Gasteiger partial charge in [-0.05, 0) is 26.2 Å². The van der Waals surface area contributed by atoms with Gasteiger partial charge in [-0.1, -0.05) is 44.3 Å². The quantitative estimate of drug-likeness (QED) is 0.377. The van der Waals surface area contributed by atoms with Crippen LogP contribution in [0.4, 0.5) is 0 Å². The van der Waals surface area contributed by atoms with Gasteiger partial charge in [-0.15, -0.1) is 0 Å². The summed E-state index contributed by atoms with van der Waals surface area (Å²) < 4.78 is 10.8. The highest BCUT2D eigenvalue weighted by molar-refractivity contribution is 4.87. The molecular formula is C18H34O5. The molecule has 0 aliphatic carbocycles. The lowest BCUT2D eigenvalue weighted by atomic mass is 10.0. The SMILES string of the molecule is C/C=C/CCCCCCCCCO[C@H]1[C@H](O)[C@@H](CO)OC[C@@H]1O. The average Bonchev–Trinajstić information content (AvgIpc) is 2.55. The second-order valence-electron chi connectivity index (χ2n) is 6.28. The van der Waals surface area contributed by atoms with Crippen molar-refractivity contribution < 1.29 is 24.8 Å². The predicted molar refractivity (Wildman–Crippen MR) is 90.3 cm³/mol. The summed E-state index contributed by atoms with van der Waals surface area (Å²) in [7, 11) is 0. The fourth-order valence-electron chi connectivity index (χ4n) is 2.86. The van der Waals surface area contributed by atoms with Crippen molar-refractivity contribution in [3.05, 3.63) is 12.2 Å². The first kappa shape index (κ1) is 20.6. The Morgan fingerprint density at radius 1 is 1.04 bits per heavy atom. The van der Waals surface area contributed by atoms with E-state index >= 15 is 0 Å². The second kappa shape index (κ2) is 12.9. The molecule has 0 bridgehead atoms. The summed E-state index contributed by atoms with van der Waals surface area (Å²) in [5.41, 5.74) is 0. The molecule has 5 heteroatoms. The fourth-order valence-corrected chi connectivity index (χ4v) is 2.86. The largest absolute Gasteiger partial charge is 0.394 e. The van der Waals surface area contributed by atoms with E-state index in [1.165, 1.54) is 38.5 Å². The van der Waals surface area contributed by atoms with E-state index in [4.69, 9.17) is 14.6 Å². The summed E-state index contributed by atoms with van der Waals surface area (Å²) in [6.45, 7) is 2.42. The molecule has 3 N–H and O–H groups in total. The Kier molecular flexibility index (Phi) is 11.5. The molecule has 4 atom stereocenters. The summed E-state index contributed by atoms with van der Waals surface area (Å²) in [4.78, 5) is 0. The standard InChI is InChI=1S/C18H34O5/c1-2-3-4-5-6-7-8-9-10-11-12-22-18-15(20)14-23-16(13-19)17(18)21/h2-3,15-21H,4-14H2,1H3/b3-2+/t15-,16+,17+,18+/m0/s1. The number of ether oxygens (including phenoxy) is 2. The maximum absolute atomic E-state index is 9.99. The third-order valence-electron chi connectivity index (χ3n) is 4.32. The average molecular weight is 330 g/mol. The first-order valence-electron chi connectivity index (χ1n) is 9.02.